The number of pyridine rings is 1. The quantitative estimate of drug-likeness (QED) is 0.735. The van der Waals surface area contributed by atoms with Crippen molar-refractivity contribution in [3.63, 3.8) is 0 Å². The molecule has 0 saturated carbocycles. The Kier molecular flexibility index (Phi) is 5.10. The Labute approximate surface area is 148 Å². The van der Waals surface area contributed by atoms with E-state index >= 15 is 0 Å². The molecule has 0 spiro atoms. The number of hydrogen-bond donors (Lipinski definition) is 2. The average molecular weight is 333 g/mol. The number of amides is 1. The maximum absolute atomic E-state index is 12.6. The van der Waals surface area contributed by atoms with Gasteiger partial charge in [0, 0.05) is 17.6 Å². The third kappa shape index (κ3) is 3.86. The van der Waals surface area contributed by atoms with Gasteiger partial charge in [-0.2, -0.15) is 0 Å². The fourth-order valence-electron chi connectivity index (χ4n) is 3.07. The second-order valence-corrected chi connectivity index (χ2v) is 6.33. The SMILES string of the molecule is Cc1ccccc1[C@@H](C)N[C@H](C)C(=O)Nc1cccc2ncccc12. The van der Waals surface area contributed by atoms with Crippen LogP contribution in [0.5, 0.6) is 0 Å². The first-order chi connectivity index (χ1) is 12.1. The van der Waals surface area contributed by atoms with E-state index in [1.807, 2.05) is 49.4 Å². The average Bonchev–Trinajstić information content (AvgIpc) is 2.62. The zero-order valence-electron chi connectivity index (χ0n) is 14.8. The second-order valence-electron chi connectivity index (χ2n) is 6.33. The van der Waals surface area contributed by atoms with E-state index in [4.69, 9.17) is 0 Å². The van der Waals surface area contributed by atoms with E-state index in [0.29, 0.717) is 0 Å². The van der Waals surface area contributed by atoms with Gasteiger partial charge in [-0.3, -0.25) is 15.1 Å². The summed E-state index contributed by atoms with van der Waals surface area (Å²) in [5.74, 6) is -0.0585. The van der Waals surface area contributed by atoms with Crippen molar-refractivity contribution in [1.82, 2.24) is 10.3 Å². The van der Waals surface area contributed by atoms with E-state index in [1.54, 1.807) is 6.20 Å². The van der Waals surface area contributed by atoms with Crippen LogP contribution in [0.3, 0.4) is 0 Å². The molecule has 1 aromatic heterocycles. The standard InChI is InChI=1S/C21H23N3O/c1-14-8-4-5-9-17(14)15(2)23-16(3)21(25)24-20-12-6-11-19-18(20)10-7-13-22-19/h4-13,15-16,23H,1-3H3,(H,24,25)/t15-,16-/m1/s1. The van der Waals surface area contributed by atoms with Crippen LogP contribution in [0.1, 0.15) is 31.0 Å². The highest BCUT2D eigenvalue weighted by atomic mass is 16.2. The molecule has 3 rings (SSSR count). The highest BCUT2D eigenvalue weighted by Crippen LogP contribution is 2.22. The molecule has 0 aliphatic heterocycles. The minimum absolute atomic E-state index is 0.0585. The summed E-state index contributed by atoms with van der Waals surface area (Å²) in [5, 5.41) is 7.33. The van der Waals surface area contributed by atoms with Gasteiger partial charge in [-0.1, -0.05) is 30.3 Å². The number of rotatable bonds is 5. The van der Waals surface area contributed by atoms with Crippen LogP contribution < -0.4 is 10.6 Å². The van der Waals surface area contributed by atoms with E-state index in [9.17, 15) is 4.79 Å². The fourth-order valence-corrected chi connectivity index (χ4v) is 3.07. The number of nitrogens with zero attached hydrogens (tertiary/aromatic N) is 1. The number of nitrogens with one attached hydrogen (secondary N) is 2. The third-order valence-electron chi connectivity index (χ3n) is 4.45. The first-order valence-electron chi connectivity index (χ1n) is 8.52. The molecule has 1 heterocycles. The molecule has 0 fully saturated rings. The molecule has 0 radical (unpaired) electrons. The molecule has 2 N–H and O–H groups in total. The van der Waals surface area contributed by atoms with E-state index in [-0.39, 0.29) is 18.0 Å². The van der Waals surface area contributed by atoms with Crippen molar-refractivity contribution in [2.24, 2.45) is 0 Å². The number of carbonyl (C=O) groups excluding carboxylic acids is 1. The van der Waals surface area contributed by atoms with Crippen molar-refractivity contribution in [3.05, 3.63) is 71.9 Å². The number of fused-ring (bicyclic) bond motifs is 1. The lowest BCUT2D eigenvalue weighted by atomic mass is 10.0. The summed E-state index contributed by atoms with van der Waals surface area (Å²) in [6.07, 6.45) is 1.75. The molecule has 4 heteroatoms. The summed E-state index contributed by atoms with van der Waals surface area (Å²) in [6.45, 7) is 6.04. The van der Waals surface area contributed by atoms with E-state index in [1.165, 1.54) is 11.1 Å². The van der Waals surface area contributed by atoms with Gasteiger partial charge in [0.25, 0.3) is 0 Å². The maximum Gasteiger partial charge on any atom is 0.241 e. The van der Waals surface area contributed by atoms with Crippen LogP contribution in [0.4, 0.5) is 5.69 Å². The van der Waals surface area contributed by atoms with Crippen molar-refractivity contribution in [2.45, 2.75) is 32.9 Å². The van der Waals surface area contributed by atoms with Crippen LogP contribution >= 0.6 is 0 Å². The predicted molar refractivity (Wildman–Crippen MR) is 103 cm³/mol. The van der Waals surface area contributed by atoms with Gasteiger partial charge in [0.05, 0.1) is 17.2 Å². The normalized spacial score (nSPS) is 13.4. The molecule has 0 aliphatic rings. The van der Waals surface area contributed by atoms with E-state index in [0.717, 1.165) is 16.6 Å². The van der Waals surface area contributed by atoms with Gasteiger partial charge in [-0.05, 0) is 56.2 Å². The summed E-state index contributed by atoms with van der Waals surface area (Å²) in [6, 6.07) is 17.6. The Hall–Kier alpha value is -2.72. The van der Waals surface area contributed by atoms with Crippen molar-refractivity contribution >= 4 is 22.5 Å². The molecule has 128 valence electrons. The van der Waals surface area contributed by atoms with Gasteiger partial charge in [-0.25, -0.2) is 0 Å². The number of aryl methyl sites for hydroxylation is 1. The van der Waals surface area contributed by atoms with Crippen molar-refractivity contribution < 1.29 is 4.79 Å². The monoisotopic (exact) mass is 333 g/mol. The van der Waals surface area contributed by atoms with Crippen LogP contribution in [0.15, 0.2) is 60.8 Å². The van der Waals surface area contributed by atoms with Crippen LogP contribution in [0.25, 0.3) is 10.9 Å². The van der Waals surface area contributed by atoms with Gasteiger partial charge in [0.2, 0.25) is 5.91 Å². The molecular formula is C21H23N3O. The van der Waals surface area contributed by atoms with Crippen molar-refractivity contribution in [2.75, 3.05) is 5.32 Å². The maximum atomic E-state index is 12.6. The lowest BCUT2D eigenvalue weighted by Crippen LogP contribution is -2.39. The minimum atomic E-state index is -0.318. The zero-order valence-corrected chi connectivity index (χ0v) is 14.8. The van der Waals surface area contributed by atoms with E-state index < -0.39 is 0 Å². The summed E-state index contributed by atoms with van der Waals surface area (Å²) in [4.78, 5) is 16.9. The predicted octanol–water partition coefficient (Wildman–Crippen LogP) is 4.22. The van der Waals surface area contributed by atoms with Gasteiger partial charge in [0.1, 0.15) is 0 Å². The largest absolute Gasteiger partial charge is 0.324 e. The number of aromatic nitrogens is 1. The van der Waals surface area contributed by atoms with Crippen molar-refractivity contribution in [3.8, 4) is 0 Å². The summed E-state index contributed by atoms with van der Waals surface area (Å²) in [5.41, 5.74) is 4.08. The highest BCUT2D eigenvalue weighted by Gasteiger charge is 2.18. The third-order valence-corrected chi connectivity index (χ3v) is 4.45. The zero-order chi connectivity index (χ0) is 17.8. The number of carbonyl (C=O) groups is 1. The highest BCUT2D eigenvalue weighted by molar-refractivity contribution is 6.02. The molecule has 4 nitrogen and oxygen atoms in total. The summed E-state index contributed by atoms with van der Waals surface area (Å²) < 4.78 is 0. The number of benzene rings is 2. The molecule has 3 aromatic rings. The van der Waals surface area contributed by atoms with Crippen LogP contribution in [-0.2, 0) is 4.79 Å². The fraction of sp³-hybridized carbons (Fsp3) is 0.238. The molecule has 25 heavy (non-hydrogen) atoms. The van der Waals surface area contributed by atoms with Crippen LogP contribution in [0.2, 0.25) is 0 Å². The Morgan fingerprint density at radius 3 is 2.60 bits per heavy atom. The minimum Gasteiger partial charge on any atom is -0.324 e. The molecule has 0 unspecified atom stereocenters. The molecule has 2 atom stereocenters. The molecule has 0 bridgehead atoms. The van der Waals surface area contributed by atoms with Gasteiger partial charge in [-0.15, -0.1) is 0 Å². The molecule has 0 saturated heterocycles. The molecule has 0 aliphatic carbocycles. The van der Waals surface area contributed by atoms with Gasteiger partial charge < -0.3 is 5.32 Å². The first-order valence-corrected chi connectivity index (χ1v) is 8.52. The summed E-state index contributed by atoms with van der Waals surface area (Å²) in [7, 11) is 0. The second kappa shape index (κ2) is 7.45. The molecular weight excluding hydrogens is 310 g/mol. The lowest BCUT2D eigenvalue weighted by Gasteiger charge is -2.21. The Balaban J connectivity index is 1.71. The van der Waals surface area contributed by atoms with Crippen LogP contribution in [0, 0.1) is 6.92 Å². The topological polar surface area (TPSA) is 54.0 Å². The van der Waals surface area contributed by atoms with Crippen molar-refractivity contribution in [1.29, 1.82) is 0 Å². The number of hydrogen-bond acceptors (Lipinski definition) is 3. The Morgan fingerprint density at radius 2 is 1.80 bits per heavy atom. The Morgan fingerprint density at radius 1 is 1.00 bits per heavy atom. The Bertz CT molecular complexity index is 886. The summed E-state index contributed by atoms with van der Waals surface area (Å²) >= 11 is 0. The smallest absolute Gasteiger partial charge is 0.241 e. The van der Waals surface area contributed by atoms with Gasteiger partial charge >= 0.3 is 0 Å². The lowest BCUT2D eigenvalue weighted by molar-refractivity contribution is -0.117. The first kappa shape index (κ1) is 17.1. The van der Waals surface area contributed by atoms with Crippen LogP contribution in [-0.4, -0.2) is 16.9 Å². The van der Waals surface area contributed by atoms with Gasteiger partial charge in [0.15, 0.2) is 0 Å². The van der Waals surface area contributed by atoms with E-state index in [2.05, 4.69) is 41.6 Å². The molecule has 2 aromatic carbocycles. The number of anilines is 1. The molecule has 1 amide bonds.